The van der Waals surface area contributed by atoms with Gasteiger partial charge in [0.05, 0.1) is 5.56 Å². The number of amides is 1. The molecule has 0 aromatic heterocycles. The second-order valence-corrected chi connectivity index (χ2v) is 5.23. The Hall–Kier alpha value is -0.230. The number of thioether (sulfide) groups is 1. The number of carbonyl (C=O) groups is 1. The molecule has 0 atom stereocenters. The van der Waals surface area contributed by atoms with Gasteiger partial charge in [-0.05, 0) is 53.2 Å². The molecule has 1 amide bonds. The minimum atomic E-state index is 0.0288. The molecule has 0 saturated carbocycles. The summed E-state index contributed by atoms with van der Waals surface area (Å²) in [6.45, 7) is 0.755. The molecule has 4 heteroatoms. The van der Waals surface area contributed by atoms with E-state index in [0.29, 0.717) is 0 Å². The van der Waals surface area contributed by atoms with E-state index in [0.717, 1.165) is 27.9 Å². The molecule has 0 aliphatic heterocycles. The van der Waals surface area contributed by atoms with Crippen LogP contribution in [0.5, 0.6) is 0 Å². The second-order valence-electron chi connectivity index (χ2n) is 3.08. The SMILES string of the molecule is CSCCCNC(=O)c1ccccc1I. The zero-order valence-electron chi connectivity index (χ0n) is 8.63. The van der Waals surface area contributed by atoms with Gasteiger partial charge in [-0.15, -0.1) is 0 Å². The second kappa shape index (κ2) is 7.11. The molecule has 0 unspecified atom stereocenters. The molecule has 1 N–H and O–H groups in total. The van der Waals surface area contributed by atoms with Crippen LogP contribution in [-0.4, -0.2) is 24.5 Å². The maximum Gasteiger partial charge on any atom is 0.252 e. The Morgan fingerprint density at radius 2 is 2.20 bits per heavy atom. The van der Waals surface area contributed by atoms with Crippen molar-refractivity contribution in [3.05, 3.63) is 33.4 Å². The third kappa shape index (κ3) is 4.42. The monoisotopic (exact) mass is 335 g/mol. The highest BCUT2D eigenvalue weighted by atomic mass is 127. The van der Waals surface area contributed by atoms with E-state index in [2.05, 4.69) is 34.2 Å². The first-order valence-electron chi connectivity index (χ1n) is 4.77. The molecule has 0 spiro atoms. The molecule has 0 aliphatic carbocycles. The van der Waals surface area contributed by atoms with Crippen LogP contribution in [0.15, 0.2) is 24.3 Å². The Balaban J connectivity index is 2.44. The van der Waals surface area contributed by atoms with Crippen molar-refractivity contribution in [1.82, 2.24) is 5.32 Å². The predicted octanol–water partition coefficient (Wildman–Crippen LogP) is 2.77. The molecular formula is C11H14INOS. The number of hydrogen-bond acceptors (Lipinski definition) is 2. The predicted molar refractivity (Wildman–Crippen MR) is 74.5 cm³/mol. The van der Waals surface area contributed by atoms with Crippen molar-refractivity contribution in [3.8, 4) is 0 Å². The van der Waals surface area contributed by atoms with Gasteiger partial charge < -0.3 is 5.32 Å². The maximum absolute atomic E-state index is 11.7. The summed E-state index contributed by atoms with van der Waals surface area (Å²) in [5, 5.41) is 2.92. The average Bonchev–Trinajstić information content (AvgIpc) is 2.25. The van der Waals surface area contributed by atoms with Crippen LogP contribution < -0.4 is 5.32 Å². The summed E-state index contributed by atoms with van der Waals surface area (Å²) in [6, 6.07) is 7.62. The molecule has 0 fully saturated rings. The summed E-state index contributed by atoms with van der Waals surface area (Å²) in [5.74, 6) is 1.12. The van der Waals surface area contributed by atoms with Gasteiger partial charge >= 0.3 is 0 Å². The van der Waals surface area contributed by atoms with E-state index in [-0.39, 0.29) is 5.91 Å². The molecule has 15 heavy (non-hydrogen) atoms. The van der Waals surface area contributed by atoms with Crippen LogP contribution in [-0.2, 0) is 0 Å². The van der Waals surface area contributed by atoms with Crippen LogP contribution in [0.4, 0.5) is 0 Å². The molecule has 1 aromatic carbocycles. The third-order valence-corrected chi connectivity index (χ3v) is 3.57. The number of halogens is 1. The minimum absolute atomic E-state index is 0.0288. The van der Waals surface area contributed by atoms with Crippen LogP contribution >= 0.6 is 34.4 Å². The Labute approximate surface area is 108 Å². The maximum atomic E-state index is 11.7. The Bertz CT molecular complexity index is 330. The molecule has 82 valence electrons. The molecular weight excluding hydrogens is 321 g/mol. The van der Waals surface area contributed by atoms with E-state index in [4.69, 9.17) is 0 Å². The fourth-order valence-corrected chi connectivity index (χ4v) is 2.22. The first-order valence-corrected chi connectivity index (χ1v) is 7.24. The summed E-state index contributed by atoms with van der Waals surface area (Å²) < 4.78 is 0.998. The summed E-state index contributed by atoms with van der Waals surface area (Å²) >= 11 is 3.98. The first-order chi connectivity index (χ1) is 7.25. The third-order valence-electron chi connectivity index (χ3n) is 1.93. The van der Waals surface area contributed by atoms with E-state index in [1.807, 2.05) is 24.3 Å². The Morgan fingerprint density at radius 1 is 1.47 bits per heavy atom. The number of rotatable bonds is 5. The van der Waals surface area contributed by atoms with Crippen LogP contribution in [0.1, 0.15) is 16.8 Å². The zero-order chi connectivity index (χ0) is 11.1. The van der Waals surface area contributed by atoms with Crippen molar-refractivity contribution in [1.29, 1.82) is 0 Å². The van der Waals surface area contributed by atoms with Gasteiger partial charge in [-0.3, -0.25) is 4.79 Å². The van der Waals surface area contributed by atoms with Crippen molar-refractivity contribution in [3.63, 3.8) is 0 Å². The lowest BCUT2D eigenvalue weighted by Crippen LogP contribution is -2.25. The highest BCUT2D eigenvalue weighted by Crippen LogP contribution is 2.10. The molecule has 0 bridgehead atoms. The quantitative estimate of drug-likeness (QED) is 0.662. The number of carbonyl (C=O) groups excluding carboxylic acids is 1. The van der Waals surface area contributed by atoms with Crippen LogP contribution in [0.3, 0.4) is 0 Å². The highest BCUT2D eigenvalue weighted by molar-refractivity contribution is 14.1. The lowest BCUT2D eigenvalue weighted by Gasteiger charge is -2.05. The lowest BCUT2D eigenvalue weighted by molar-refractivity contribution is 0.0953. The average molecular weight is 335 g/mol. The van der Waals surface area contributed by atoms with Gasteiger partial charge in [0.15, 0.2) is 0 Å². The zero-order valence-corrected chi connectivity index (χ0v) is 11.6. The van der Waals surface area contributed by atoms with E-state index < -0.39 is 0 Å². The van der Waals surface area contributed by atoms with Crippen molar-refractivity contribution in [2.75, 3.05) is 18.6 Å². The Morgan fingerprint density at radius 3 is 2.87 bits per heavy atom. The summed E-state index contributed by atoms with van der Waals surface area (Å²) in [6.07, 6.45) is 3.10. The number of hydrogen-bond donors (Lipinski definition) is 1. The molecule has 2 nitrogen and oxygen atoms in total. The van der Waals surface area contributed by atoms with Gasteiger partial charge in [-0.2, -0.15) is 11.8 Å². The van der Waals surface area contributed by atoms with Crippen molar-refractivity contribution in [2.45, 2.75) is 6.42 Å². The minimum Gasteiger partial charge on any atom is -0.352 e. The first kappa shape index (κ1) is 12.8. The van der Waals surface area contributed by atoms with Crippen LogP contribution in [0.2, 0.25) is 0 Å². The van der Waals surface area contributed by atoms with Crippen molar-refractivity contribution in [2.24, 2.45) is 0 Å². The molecule has 0 heterocycles. The van der Waals surface area contributed by atoms with Crippen molar-refractivity contribution >= 4 is 40.3 Å². The van der Waals surface area contributed by atoms with Gasteiger partial charge in [0.25, 0.3) is 5.91 Å². The van der Waals surface area contributed by atoms with Crippen LogP contribution in [0, 0.1) is 3.57 Å². The lowest BCUT2D eigenvalue weighted by atomic mass is 10.2. The van der Waals surface area contributed by atoms with E-state index >= 15 is 0 Å². The number of benzene rings is 1. The normalized spacial score (nSPS) is 10.0. The van der Waals surface area contributed by atoms with Gasteiger partial charge in [0, 0.05) is 10.1 Å². The van der Waals surface area contributed by atoms with E-state index in [1.165, 1.54) is 0 Å². The van der Waals surface area contributed by atoms with E-state index in [1.54, 1.807) is 11.8 Å². The highest BCUT2D eigenvalue weighted by Gasteiger charge is 2.07. The summed E-state index contributed by atoms with van der Waals surface area (Å²) in [4.78, 5) is 11.7. The van der Waals surface area contributed by atoms with Crippen molar-refractivity contribution < 1.29 is 4.79 Å². The van der Waals surface area contributed by atoms with E-state index in [9.17, 15) is 4.79 Å². The smallest absolute Gasteiger partial charge is 0.252 e. The molecule has 0 saturated heterocycles. The fraction of sp³-hybridized carbons (Fsp3) is 0.364. The molecule has 1 aromatic rings. The molecule has 0 aliphatic rings. The number of nitrogens with one attached hydrogen (secondary N) is 1. The topological polar surface area (TPSA) is 29.1 Å². The largest absolute Gasteiger partial charge is 0.352 e. The van der Waals surface area contributed by atoms with Gasteiger partial charge in [-0.25, -0.2) is 0 Å². The van der Waals surface area contributed by atoms with Gasteiger partial charge in [0.2, 0.25) is 0 Å². The fourth-order valence-electron chi connectivity index (χ4n) is 1.16. The summed E-state index contributed by atoms with van der Waals surface area (Å²) in [5.41, 5.74) is 0.766. The van der Waals surface area contributed by atoms with Gasteiger partial charge in [-0.1, -0.05) is 12.1 Å². The molecule has 1 rings (SSSR count). The van der Waals surface area contributed by atoms with Gasteiger partial charge in [0.1, 0.15) is 0 Å². The Kier molecular flexibility index (Phi) is 6.09. The standard InChI is InChI=1S/C11H14INOS/c1-15-8-4-7-13-11(14)9-5-2-3-6-10(9)12/h2-3,5-6H,4,7-8H2,1H3,(H,13,14). The molecule has 0 radical (unpaired) electrons. The van der Waals surface area contributed by atoms with Crippen LogP contribution in [0.25, 0.3) is 0 Å². The summed E-state index contributed by atoms with van der Waals surface area (Å²) in [7, 11) is 0.